The van der Waals surface area contributed by atoms with Crippen molar-refractivity contribution in [2.45, 2.75) is 31.1 Å². The highest BCUT2D eigenvalue weighted by Gasteiger charge is 2.29. The molecule has 0 atom stereocenters. The molecular weight excluding hydrogens is 374 g/mol. The quantitative estimate of drug-likeness (QED) is 0.839. The van der Waals surface area contributed by atoms with Gasteiger partial charge >= 0.3 is 0 Å². The standard InChI is InChI=1S/C21H23N3O3S/c1-16(25)23-20-6-2-17(3-7-20)14-18-10-12-24(13-11-18)28(26,27)21-8-4-19(15-22)5-9-21/h2-9,18H,10-14H2,1H3,(H,23,25). The van der Waals surface area contributed by atoms with Crippen molar-refractivity contribution in [3.63, 3.8) is 0 Å². The normalized spacial score (nSPS) is 15.7. The maximum absolute atomic E-state index is 12.8. The first-order valence-corrected chi connectivity index (χ1v) is 10.7. The molecule has 0 aliphatic carbocycles. The van der Waals surface area contributed by atoms with Gasteiger partial charge in [0.05, 0.1) is 16.5 Å². The number of hydrogen-bond acceptors (Lipinski definition) is 4. The van der Waals surface area contributed by atoms with Gasteiger partial charge in [0.2, 0.25) is 15.9 Å². The highest BCUT2D eigenvalue weighted by molar-refractivity contribution is 7.89. The topological polar surface area (TPSA) is 90.3 Å². The van der Waals surface area contributed by atoms with Gasteiger partial charge in [0.15, 0.2) is 0 Å². The number of nitrogens with one attached hydrogen (secondary N) is 1. The first kappa shape index (κ1) is 20.1. The van der Waals surface area contributed by atoms with Crippen LogP contribution in [0.1, 0.15) is 30.9 Å². The van der Waals surface area contributed by atoms with E-state index < -0.39 is 10.0 Å². The summed E-state index contributed by atoms with van der Waals surface area (Å²) in [5, 5.41) is 11.6. The lowest BCUT2D eigenvalue weighted by atomic mass is 9.91. The van der Waals surface area contributed by atoms with Crippen LogP contribution in [0.3, 0.4) is 0 Å². The number of piperidine rings is 1. The Hall–Kier alpha value is -2.69. The van der Waals surface area contributed by atoms with E-state index in [1.165, 1.54) is 41.1 Å². The van der Waals surface area contributed by atoms with Crippen molar-refractivity contribution >= 4 is 21.6 Å². The molecule has 2 aromatic carbocycles. The Labute approximate surface area is 165 Å². The van der Waals surface area contributed by atoms with Crippen molar-refractivity contribution in [1.29, 1.82) is 5.26 Å². The molecule has 1 N–H and O–H groups in total. The molecule has 0 radical (unpaired) electrons. The van der Waals surface area contributed by atoms with Crippen molar-refractivity contribution in [2.75, 3.05) is 18.4 Å². The Morgan fingerprint density at radius 3 is 2.25 bits per heavy atom. The number of carbonyl (C=O) groups is 1. The van der Waals surface area contributed by atoms with Gasteiger partial charge in [-0.25, -0.2) is 8.42 Å². The minimum absolute atomic E-state index is 0.0939. The number of anilines is 1. The van der Waals surface area contributed by atoms with Crippen molar-refractivity contribution < 1.29 is 13.2 Å². The summed E-state index contributed by atoms with van der Waals surface area (Å²) in [5.41, 5.74) is 2.41. The van der Waals surface area contributed by atoms with Crippen molar-refractivity contribution in [3.8, 4) is 6.07 Å². The molecule has 1 saturated heterocycles. The van der Waals surface area contributed by atoms with Crippen LogP contribution in [-0.2, 0) is 21.2 Å². The lowest BCUT2D eigenvalue weighted by molar-refractivity contribution is -0.114. The Kier molecular flexibility index (Phi) is 6.12. The molecule has 2 aromatic rings. The lowest BCUT2D eigenvalue weighted by Crippen LogP contribution is -2.38. The number of sulfonamides is 1. The van der Waals surface area contributed by atoms with Gasteiger partial charge in [-0.2, -0.15) is 9.57 Å². The summed E-state index contributed by atoms with van der Waals surface area (Å²) in [6.45, 7) is 2.47. The summed E-state index contributed by atoms with van der Waals surface area (Å²) < 4.78 is 27.1. The Morgan fingerprint density at radius 2 is 1.71 bits per heavy atom. The van der Waals surface area contributed by atoms with Crippen LogP contribution >= 0.6 is 0 Å². The Bertz CT molecular complexity index is 969. The molecule has 0 bridgehead atoms. The summed E-state index contributed by atoms with van der Waals surface area (Å²) >= 11 is 0. The summed E-state index contributed by atoms with van der Waals surface area (Å²) in [6.07, 6.45) is 2.51. The van der Waals surface area contributed by atoms with Crippen LogP contribution in [0.5, 0.6) is 0 Å². The predicted molar refractivity (Wildman–Crippen MR) is 107 cm³/mol. The van der Waals surface area contributed by atoms with Gasteiger partial charge < -0.3 is 5.32 Å². The van der Waals surface area contributed by atoms with E-state index in [0.717, 1.165) is 24.9 Å². The number of rotatable bonds is 5. The second-order valence-corrected chi connectivity index (χ2v) is 9.00. The van der Waals surface area contributed by atoms with Gasteiger partial charge in [0.1, 0.15) is 0 Å². The third kappa shape index (κ3) is 4.77. The van der Waals surface area contributed by atoms with E-state index in [1.54, 1.807) is 0 Å². The molecule has 1 amide bonds. The molecule has 0 unspecified atom stereocenters. The first-order valence-electron chi connectivity index (χ1n) is 9.25. The lowest BCUT2D eigenvalue weighted by Gasteiger charge is -2.31. The van der Waals surface area contributed by atoms with Crippen molar-refractivity contribution in [1.82, 2.24) is 4.31 Å². The number of hydrogen-bond donors (Lipinski definition) is 1. The zero-order valence-corrected chi connectivity index (χ0v) is 16.6. The van der Waals surface area contributed by atoms with E-state index in [-0.39, 0.29) is 10.8 Å². The number of benzene rings is 2. The second-order valence-electron chi connectivity index (χ2n) is 7.07. The molecule has 1 fully saturated rings. The van der Waals surface area contributed by atoms with Crippen molar-refractivity contribution in [3.05, 3.63) is 59.7 Å². The third-order valence-corrected chi connectivity index (χ3v) is 6.91. The third-order valence-electron chi connectivity index (χ3n) is 4.99. The molecule has 3 rings (SSSR count). The van der Waals surface area contributed by atoms with Crippen LogP contribution in [0.2, 0.25) is 0 Å². The van der Waals surface area contributed by atoms with E-state index in [1.807, 2.05) is 30.3 Å². The molecule has 146 valence electrons. The van der Waals surface area contributed by atoms with E-state index in [4.69, 9.17) is 5.26 Å². The van der Waals surface area contributed by atoms with Crippen LogP contribution < -0.4 is 5.32 Å². The van der Waals surface area contributed by atoms with Gasteiger partial charge in [-0.3, -0.25) is 4.79 Å². The SMILES string of the molecule is CC(=O)Nc1ccc(CC2CCN(S(=O)(=O)c3ccc(C#N)cc3)CC2)cc1. The minimum Gasteiger partial charge on any atom is -0.326 e. The van der Waals surface area contributed by atoms with Crippen LogP contribution in [-0.4, -0.2) is 31.7 Å². The zero-order chi connectivity index (χ0) is 20.1. The molecule has 1 heterocycles. The fourth-order valence-electron chi connectivity index (χ4n) is 3.47. The molecule has 7 heteroatoms. The van der Waals surface area contributed by atoms with Crippen LogP contribution in [0.15, 0.2) is 53.4 Å². The van der Waals surface area contributed by atoms with Gasteiger partial charge in [-0.1, -0.05) is 12.1 Å². The summed E-state index contributed by atoms with van der Waals surface area (Å²) in [5.74, 6) is 0.336. The average Bonchev–Trinajstić information content (AvgIpc) is 2.69. The Balaban J connectivity index is 1.57. The summed E-state index contributed by atoms with van der Waals surface area (Å²) in [4.78, 5) is 11.3. The van der Waals surface area contributed by atoms with Crippen LogP contribution in [0.25, 0.3) is 0 Å². The highest BCUT2D eigenvalue weighted by atomic mass is 32.2. The largest absolute Gasteiger partial charge is 0.326 e. The summed E-state index contributed by atoms with van der Waals surface area (Å²) in [7, 11) is -3.52. The molecule has 0 saturated carbocycles. The fraction of sp³-hybridized carbons (Fsp3) is 0.333. The number of nitriles is 1. The molecular formula is C21H23N3O3S. The number of amides is 1. The summed E-state index contributed by atoms with van der Waals surface area (Å²) in [6, 6.07) is 15.8. The van der Waals surface area contributed by atoms with Gasteiger partial charge in [-0.15, -0.1) is 0 Å². The van der Waals surface area contributed by atoms with E-state index in [2.05, 4.69) is 5.32 Å². The van der Waals surface area contributed by atoms with Crippen LogP contribution in [0, 0.1) is 17.2 Å². The van der Waals surface area contributed by atoms with Gasteiger partial charge in [0, 0.05) is 25.7 Å². The molecule has 0 aromatic heterocycles. The van der Waals surface area contributed by atoms with Gasteiger partial charge in [0.25, 0.3) is 0 Å². The predicted octanol–water partition coefficient (Wildman–Crippen LogP) is 3.16. The second kappa shape index (κ2) is 8.55. The minimum atomic E-state index is -3.52. The average molecular weight is 398 g/mol. The number of carbonyl (C=O) groups excluding carboxylic acids is 1. The maximum atomic E-state index is 12.8. The molecule has 0 spiro atoms. The van der Waals surface area contributed by atoms with E-state index >= 15 is 0 Å². The molecule has 28 heavy (non-hydrogen) atoms. The van der Waals surface area contributed by atoms with E-state index in [0.29, 0.717) is 24.6 Å². The monoisotopic (exact) mass is 397 g/mol. The van der Waals surface area contributed by atoms with Crippen molar-refractivity contribution in [2.24, 2.45) is 5.92 Å². The zero-order valence-electron chi connectivity index (χ0n) is 15.8. The van der Waals surface area contributed by atoms with Gasteiger partial charge in [-0.05, 0) is 67.1 Å². The molecule has 6 nitrogen and oxygen atoms in total. The van der Waals surface area contributed by atoms with E-state index in [9.17, 15) is 13.2 Å². The fourth-order valence-corrected chi connectivity index (χ4v) is 4.93. The first-order chi connectivity index (χ1) is 13.4. The molecule has 1 aliphatic rings. The smallest absolute Gasteiger partial charge is 0.243 e. The van der Waals surface area contributed by atoms with Crippen LogP contribution in [0.4, 0.5) is 5.69 Å². The molecule has 1 aliphatic heterocycles. The number of nitrogens with zero attached hydrogens (tertiary/aromatic N) is 2. The maximum Gasteiger partial charge on any atom is 0.243 e. The Morgan fingerprint density at radius 1 is 1.11 bits per heavy atom. The highest BCUT2D eigenvalue weighted by Crippen LogP contribution is 2.26.